The van der Waals surface area contributed by atoms with Gasteiger partial charge in [0.05, 0.1) is 0 Å². The van der Waals surface area contributed by atoms with E-state index < -0.39 is 6.10 Å². The summed E-state index contributed by atoms with van der Waals surface area (Å²) in [5.41, 5.74) is 0. The highest BCUT2D eigenvalue weighted by molar-refractivity contribution is 5.71. The fraction of sp³-hybridized carbons (Fsp3) is 0.943. The molecule has 0 heterocycles. The summed E-state index contributed by atoms with van der Waals surface area (Å²) < 4.78 is 16.8. The molecule has 6 heteroatoms. The lowest BCUT2D eigenvalue weighted by molar-refractivity contribution is -0.167. The van der Waals surface area contributed by atoms with Crippen LogP contribution in [0, 0.1) is 11.8 Å². The SMILES string of the molecule is CCCCCCCCCCCCCCC(=O)OC[C@@H](COC(=O)CCCCCCCCCCCCCCCCC(C)C)OC(=O)CCCCCCCCCCC(C)CC. The molecule has 0 radical (unpaired) electrons. The van der Waals surface area contributed by atoms with E-state index in [9.17, 15) is 14.4 Å². The summed E-state index contributed by atoms with van der Waals surface area (Å²) in [6.07, 6.45) is 46.5. The summed E-state index contributed by atoms with van der Waals surface area (Å²) in [5.74, 6) is 0.841. The number of carbonyl (C=O) groups excluding carboxylic acids is 3. The normalized spacial score (nSPS) is 12.5. The molecule has 59 heavy (non-hydrogen) atoms. The van der Waals surface area contributed by atoms with Gasteiger partial charge in [-0.3, -0.25) is 14.4 Å². The zero-order chi connectivity index (χ0) is 43.3. The Morgan fingerprint density at radius 2 is 0.644 bits per heavy atom. The molecule has 1 unspecified atom stereocenters. The second-order valence-corrected chi connectivity index (χ2v) is 18.9. The molecule has 350 valence electrons. The van der Waals surface area contributed by atoms with Crippen molar-refractivity contribution >= 4 is 17.9 Å². The highest BCUT2D eigenvalue weighted by Crippen LogP contribution is 2.18. The maximum atomic E-state index is 12.8. The minimum absolute atomic E-state index is 0.0639. The molecular formula is C53H102O6. The number of ether oxygens (including phenoxy) is 3. The van der Waals surface area contributed by atoms with Crippen LogP contribution in [0.2, 0.25) is 0 Å². The average Bonchev–Trinajstić information content (AvgIpc) is 3.22. The zero-order valence-electron chi connectivity index (χ0n) is 40.4. The summed E-state index contributed by atoms with van der Waals surface area (Å²) in [7, 11) is 0. The average molecular weight is 835 g/mol. The molecule has 0 aliphatic rings. The summed E-state index contributed by atoms with van der Waals surface area (Å²) in [4.78, 5) is 37.9. The van der Waals surface area contributed by atoms with Gasteiger partial charge in [-0.25, -0.2) is 0 Å². The summed E-state index contributed by atoms with van der Waals surface area (Å²) in [5, 5.41) is 0. The van der Waals surface area contributed by atoms with Crippen LogP contribution in [0.25, 0.3) is 0 Å². The number of rotatable bonds is 47. The van der Waals surface area contributed by atoms with Gasteiger partial charge in [-0.05, 0) is 31.1 Å². The van der Waals surface area contributed by atoms with Crippen molar-refractivity contribution in [2.75, 3.05) is 13.2 Å². The number of unbranched alkanes of at least 4 members (excludes halogenated alkanes) is 31. The molecule has 0 N–H and O–H groups in total. The van der Waals surface area contributed by atoms with Crippen molar-refractivity contribution in [3.05, 3.63) is 0 Å². The lowest BCUT2D eigenvalue weighted by Gasteiger charge is -2.18. The molecule has 6 nitrogen and oxygen atoms in total. The monoisotopic (exact) mass is 835 g/mol. The van der Waals surface area contributed by atoms with E-state index in [4.69, 9.17) is 14.2 Å². The van der Waals surface area contributed by atoms with Crippen LogP contribution >= 0.6 is 0 Å². The summed E-state index contributed by atoms with van der Waals surface area (Å²) in [6, 6.07) is 0. The fourth-order valence-electron chi connectivity index (χ4n) is 7.96. The van der Waals surface area contributed by atoms with E-state index in [2.05, 4.69) is 34.6 Å². The van der Waals surface area contributed by atoms with E-state index >= 15 is 0 Å². The van der Waals surface area contributed by atoms with Gasteiger partial charge in [-0.15, -0.1) is 0 Å². The van der Waals surface area contributed by atoms with Gasteiger partial charge >= 0.3 is 17.9 Å². The second-order valence-electron chi connectivity index (χ2n) is 18.9. The molecule has 0 saturated carbocycles. The van der Waals surface area contributed by atoms with Gasteiger partial charge in [0.2, 0.25) is 0 Å². The van der Waals surface area contributed by atoms with Gasteiger partial charge < -0.3 is 14.2 Å². The molecule has 0 rings (SSSR count). The van der Waals surface area contributed by atoms with E-state index in [-0.39, 0.29) is 31.1 Å². The predicted octanol–water partition coefficient (Wildman–Crippen LogP) is 16.9. The third kappa shape index (κ3) is 45.8. The maximum absolute atomic E-state index is 12.8. The van der Waals surface area contributed by atoms with Crippen molar-refractivity contribution in [1.82, 2.24) is 0 Å². The van der Waals surface area contributed by atoms with Crippen molar-refractivity contribution in [2.24, 2.45) is 11.8 Å². The first-order chi connectivity index (χ1) is 28.8. The van der Waals surface area contributed by atoms with Gasteiger partial charge in [0.25, 0.3) is 0 Å². The van der Waals surface area contributed by atoms with Crippen LogP contribution in [0.1, 0.15) is 291 Å². The van der Waals surface area contributed by atoms with Crippen LogP contribution in [0.5, 0.6) is 0 Å². The molecule has 0 aliphatic carbocycles. The number of carbonyl (C=O) groups is 3. The smallest absolute Gasteiger partial charge is 0.306 e. The Hall–Kier alpha value is -1.59. The van der Waals surface area contributed by atoms with Crippen LogP contribution in [0.3, 0.4) is 0 Å². The Morgan fingerprint density at radius 1 is 0.356 bits per heavy atom. The largest absolute Gasteiger partial charge is 0.462 e. The Bertz CT molecular complexity index is 902. The lowest BCUT2D eigenvalue weighted by Crippen LogP contribution is -2.30. The van der Waals surface area contributed by atoms with E-state index in [1.165, 1.54) is 180 Å². The molecule has 0 aromatic rings. The van der Waals surface area contributed by atoms with Crippen molar-refractivity contribution in [1.29, 1.82) is 0 Å². The Balaban J connectivity index is 4.29. The van der Waals surface area contributed by atoms with Gasteiger partial charge in [-0.2, -0.15) is 0 Å². The number of esters is 3. The predicted molar refractivity (Wildman–Crippen MR) is 252 cm³/mol. The fourth-order valence-corrected chi connectivity index (χ4v) is 7.96. The highest BCUT2D eigenvalue weighted by Gasteiger charge is 2.19. The quantitative estimate of drug-likeness (QED) is 0.0345. The van der Waals surface area contributed by atoms with Crippen molar-refractivity contribution in [3.63, 3.8) is 0 Å². The highest BCUT2D eigenvalue weighted by atomic mass is 16.6. The summed E-state index contributed by atoms with van der Waals surface area (Å²) >= 11 is 0. The zero-order valence-corrected chi connectivity index (χ0v) is 40.4. The van der Waals surface area contributed by atoms with E-state index in [0.29, 0.717) is 19.3 Å². The molecule has 0 aromatic carbocycles. The topological polar surface area (TPSA) is 78.9 Å². The number of hydrogen-bond acceptors (Lipinski definition) is 6. The molecular weight excluding hydrogens is 733 g/mol. The molecule has 2 atom stereocenters. The van der Waals surface area contributed by atoms with Crippen molar-refractivity contribution < 1.29 is 28.6 Å². The minimum Gasteiger partial charge on any atom is -0.462 e. The van der Waals surface area contributed by atoms with Crippen molar-refractivity contribution in [2.45, 2.75) is 298 Å². The van der Waals surface area contributed by atoms with Crippen LogP contribution in [0.15, 0.2) is 0 Å². The van der Waals surface area contributed by atoms with Gasteiger partial charge in [0.15, 0.2) is 6.10 Å². The van der Waals surface area contributed by atoms with Gasteiger partial charge in [-0.1, -0.05) is 253 Å². The van der Waals surface area contributed by atoms with Crippen LogP contribution in [0.4, 0.5) is 0 Å². The second kappa shape index (κ2) is 45.9. The lowest BCUT2D eigenvalue weighted by atomic mass is 9.99. The molecule has 0 amide bonds. The summed E-state index contributed by atoms with van der Waals surface area (Å²) in [6.45, 7) is 11.4. The Kier molecular flexibility index (Phi) is 44.7. The maximum Gasteiger partial charge on any atom is 0.306 e. The van der Waals surface area contributed by atoms with Crippen LogP contribution in [-0.4, -0.2) is 37.2 Å². The van der Waals surface area contributed by atoms with E-state index in [1.807, 2.05) is 0 Å². The molecule has 0 saturated heterocycles. The van der Waals surface area contributed by atoms with Gasteiger partial charge in [0.1, 0.15) is 13.2 Å². The molecule has 0 fully saturated rings. The first-order valence-corrected chi connectivity index (χ1v) is 26.3. The standard InChI is InChI=1S/C53H102O6/c1-6-8-9-10-11-12-13-19-22-28-33-38-43-51(54)57-46-50(59-53(56)45-40-35-30-25-24-27-32-37-42-49(5)7-2)47-58-52(55)44-39-34-29-23-20-17-15-14-16-18-21-26-31-36-41-48(3)4/h48-50H,6-47H2,1-5H3/t49?,50-/m0/s1. The van der Waals surface area contributed by atoms with Gasteiger partial charge in [0, 0.05) is 19.3 Å². The third-order valence-electron chi connectivity index (χ3n) is 12.3. The van der Waals surface area contributed by atoms with Crippen LogP contribution < -0.4 is 0 Å². The Morgan fingerprint density at radius 3 is 0.966 bits per heavy atom. The molecule has 0 bridgehead atoms. The molecule has 0 aromatic heterocycles. The third-order valence-corrected chi connectivity index (χ3v) is 12.3. The van der Waals surface area contributed by atoms with Crippen molar-refractivity contribution in [3.8, 4) is 0 Å². The van der Waals surface area contributed by atoms with E-state index in [1.54, 1.807) is 0 Å². The first kappa shape index (κ1) is 57.4. The van der Waals surface area contributed by atoms with E-state index in [0.717, 1.165) is 69.6 Å². The first-order valence-electron chi connectivity index (χ1n) is 26.3. The molecule has 0 spiro atoms. The minimum atomic E-state index is -0.762. The van der Waals surface area contributed by atoms with Crippen LogP contribution in [-0.2, 0) is 28.6 Å². The molecule has 0 aliphatic heterocycles. The Labute approximate surface area is 368 Å². The number of hydrogen-bond donors (Lipinski definition) is 0.